The van der Waals surface area contributed by atoms with Gasteiger partial charge in [-0.2, -0.15) is 5.10 Å². The minimum atomic E-state index is 0.0505. The van der Waals surface area contributed by atoms with Gasteiger partial charge in [0, 0.05) is 29.5 Å². The number of hydrogen-bond acceptors (Lipinski definition) is 3. The molecule has 0 fully saturated rings. The molecule has 2 aromatic rings. The number of nitrogens with zero attached hydrogens (tertiary/aromatic N) is 3. The lowest BCUT2D eigenvalue weighted by Gasteiger charge is -2.22. The zero-order valence-electron chi connectivity index (χ0n) is 13.6. The van der Waals surface area contributed by atoms with Gasteiger partial charge < -0.3 is 5.32 Å². The first kappa shape index (κ1) is 16.0. The lowest BCUT2D eigenvalue weighted by atomic mass is 10.1. The summed E-state index contributed by atoms with van der Waals surface area (Å²) in [6.45, 7) is 13.1. The molecule has 0 amide bonds. The third-order valence-corrected chi connectivity index (χ3v) is 3.89. The van der Waals surface area contributed by atoms with E-state index in [0.717, 1.165) is 39.9 Å². The first-order chi connectivity index (χ1) is 9.69. The second-order valence-electron chi connectivity index (χ2n) is 6.45. The van der Waals surface area contributed by atoms with Crippen LogP contribution in [0.2, 0.25) is 5.02 Å². The van der Waals surface area contributed by atoms with Crippen LogP contribution in [0.4, 0.5) is 0 Å². The molecule has 0 aromatic carbocycles. The summed E-state index contributed by atoms with van der Waals surface area (Å²) in [6.07, 6.45) is 1.91. The third-order valence-electron chi connectivity index (χ3n) is 3.34. The Balaban J connectivity index is 2.46. The van der Waals surface area contributed by atoms with E-state index in [1.54, 1.807) is 0 Å². The highest BCUT2D eigenvalue weighted by molar-refractivity contribution is 6.31. The van der Waals surface area contributed by atoms with Crippen LogP contribution in [0.25, 0.3) is 5.69 Å². The second-order valence-corrected chi connectivity index (χ2v) is 6.83. The van der Waals surface area contributed by atoms with Crippen LogP contribution in [0.3, 0.4) is 0 Å². The van der Waals surface area contributed by atoms with Gasteiger partial charge in [0.25, 0.3) is 0 Å². The Morgan fingerprint density at radius 2 is 1.90 bits per heavy atom. The first-order valence-electron chi connectivity index (χ1n) is 7.11. The number of pyridine rings is 1. The second kappa shape index (κ2) is 5.78. The van der Waals surface area contributed by atoms with Gasteiger partial charge in [-0.1, -0.05) is 11.6 Å². The smallest absolute Gasteiger partial charge is 0.0848 e. The molecule has 5 heteroatoms. The fraction of sp³-hybridized carbons (Fsp3) is 0.500. The summed E-state index contributed by atoms with van der Waals surface area (Å²) in [4.78, 5) is 4.41. The van der Waals surface area contributed by atoms with Crippen LogP contribution in [0.15, 0.2) is 12.3 Å². The van der Waals surface area contributed by atoms with E-state index in [9.17, 15) is 0 Å². The lowest BCUT2D eigenvalue weighted by Crippen LogP contribution is -2.35. The van der Waals surface area contributed by atoms with E-state index in [4.69, 9.17) is 11.6 Å². The summed E-state index contributed by atoms with van der Waals surface area (Å²) >= 11 is 6.28. The molecule has 0 bridgehead atoms. The molecule has 2 aromatic heterocycles. The minimum Gasteiger partial charge on any atom is -0.308 e. The van der Waals surface area contributed by atoms with Crippen molar-refractivity contribution < 1.29 is 0 Å². The maximum atomic E-state index is 6.28. The van der Waals surface area contributed by atoms with Crippen molar-refractivity contribution in [3.05, 3.63) is 39.9 Å². The summed E-state index contributed by atoms with van der Waals surface area (Å²) < 4.78 is 1.91. The summed E-state index contributed by atoms with van der Waals surface area (Å²) in [7, 11) is 0. The van der Waals surface area contributed by atoms with E-state index >= 15 is 0 Å². The minimum absolute atomic E-state index is 0.0505. The Hall–Kier alpha value is -1.39. The Labute approximate surface area is 131 Å². The lowest BCUT2D eigenvalue weighted by molar-refractivity contribution is 0.423. The average Bonchev–Trinajstić information content (AvgIpc) is 2.64. The molecule has 0 aliphatic rings. The van der Waals surface area contributed by atoms with Crippen molar-refractivity contribution in [1.29, 1.82) is 0 Å². The van der Waals surface area contributed by atoms with Crippen molar-refractivity contribution in [3.63, 3.8) is 0 Å². The van der Waals surface area contributed by atoms with Gasteiger partial charge in [0.05, 0.1) is 22.1 Å². The zero-order valence-corrected chi connectivity index (χ0v) is 14.3. The SMILES string of the molecule is Cc1cc(-n2nc(C)c(Cl)c2C)c(CNC(C)(C)C)cn1. The molecule has 0 saturated carbocycles. The molecule has 0 saturated heterocycles. The van der Waals surface area contributed by atoms with Crippen molar-refractivity contribution in [2.45, 2.75) is 53.6 Å². The van der Waals surface area contributed by atoms with Crippen LogP contribution >= 0.6 is 11.6 Å². The number of nitrogens with one attached hydrogen (secondary N) is 1. The van der Waals surface area contributed by atoms with Crippen LogP contribution < -0.4 is 5.32 Å². The number of rotatable bonds is 3. The Morgan fingerprint density at radius 1 is 1.24 bits per heavy atom. The third kappa shape index (κ3) is 3.63. The average molecular weight is 307 g/mol. The molecule has 21 heavy (non-hydrogen) atoms. The molecule has 0 radical (unpaired) electrons. The molecule has 0 unspecified atom stereocenters. The van der Waals surface area contributed by atoms with Crippen LogP contribution in [0, 0.1) is 20.8 Å². The van der Waals surface area contributed by atoms with Crippen LogP contribution in [-0.4, -0.2) is 20.3 Å². The largest absolute Gasteiger partial charge is 0.308 e. The Morgan fingerprint density at radius 3 is 2.43 bits per heavy atom. The number of aryl methyl sites for hydroxylation is 2. The Kier molecular flexibility index (Phi) is 4.40. The molecule has 2 rings (SSSR count). The van der Waals surface area contributed by atoms with E-state index in [-0.39, 0.29) is 5.54 Å². The summed E-state index contributed by atoms with van der Waals surface area (Å²) in [5.41, 5.74) is 4.96. The number of hydrogen-bond donors (Lipinski definition) is 1. The predicted octanol–water partition coefficient (Wildman–Crippen LogP) is 3.73. The van der Waals surface area contributed by atoms with E-state index < -0.39 is 0 Å². The van der Waals surface area contributed by atoms with Crippen molar-refractivity contribution >= 4 is 11.6 Å². The number of halogens is 1. The normalized spacial score (nSPS) is 12.0. The van der Waals surface area contributed by atoms with Gasteiger partial charge in [0.15, 0.2) is 0 Å². The van der Waals surface area contributed by atoms with Crippen molar-refractivity contribution in [3.8, 4) is 5.69 Å². The van der Waals surface area contributed by atoms with E-state index in [1.165, 1.54) is 0 Å². The topological polar surface area (TPSA) is 42.7 Å². The molecular weight excluding hydrogens is 284 g/mol. The van der Waals surface area contributed by atoms with E-state index in [1.807, 2.05) is 31.6 Å². The molecular formula is C16H23ClN4. The molecule has 1 N–H and O–H groups in total. The van der Waals surface area contributed by atoms with E-state index in [2.05, 4.69) is 42.2 Å². The highest BCUT2D eigenvalue weighted by Gasteiger charge is 2.16. The quantitative estimate of drug-likeness (QED) is 0.939. The standard InChI is InChI=1S/C16H23ClN4/c1-10-7-14(21-12(3)15(17)11(2)20-21)13(8-18-10)9-19-16(4,5)6/h7-8,19H,9H2,1-6H3. The molecule has 114 valence electrons. The molecule has 2 heterocycles. The fourth-order valence-corrected chi connectivity index (χ4v) is 2.24. The molecule has 0 aliphatic heterocycles. The van der Waals surface area contributed by atoms with Crippen molar-refractivity contribution in [2.24, 2.45) is 0 Å². The van der Waals surface area contributed by atoms with Gasteiger partial charge in [0.1, 0.15) is 0 Å². The zero-order chi connectivity index (χ0) is 15.8. The molecule has 0 spiro atoms. The van der Waals surface area contributed by atoms with Gasteiger partial charge in [-0.25, -0.2) is 4.68 Å². The summed E-state index contributed by atoms with van der Waals surface area (Å²) in [6, 6.07) is 2.05. The van der Waals surface area contributed by atoms with Gasteiger partial charge >= 0.3 is 0 Å². The maximum Gasteiger partial charge on any atom is 0.0848 e. The van der Waals surface area contributed by atoms with Gasteiger partial charge in [-0.05, 0) is 47.6 Å². The molecule has 0 atom stereocenters. The Bertz CT molecular complexity index is 653. The van der Waals surface area contributed by atoms with Gasteiger partial charge in [0.2, 0.25) is 0 Å². The van der Waals surface area contributed by atoms with Gasteiger partial charge in [-0.3, -0.25) is 4.98 Å². The highest BCUT2D eigenvalue weighted by atomic mass is 35.5. The van der Waals surface area contributed by atoms with Gasteiger partial charge in [-0.15, -0.1) is 0 Å². The monoisotopic (exact) mass is 306 g/mol. The number of aromatic nitrogens is 3. The first-order valence-corrected chi connectivity index (χ1v) is 7.49. The van der Waals surface area contributed by atoms with Crippen molar-refractivity contribution in [2.75, 3.05) is 0 Å². The predicted molar refractivity (Wildman–Crippen MR) is 87.2 cm³/mol. The molecule has 0 aliphatic carbocycles. The summed E-state index contributed by atoms with van der Waals surface area (Å²) in [5.74, 6) is 0. The maximum absolute atomic E-state index is 6.28. The highest BCUT2D eigenvalue weighted by Crippen LogP contribution is 2.24. The van der Waals surface area contributed by atoms with Crippen LogP contribution in [0.5, 0.6) is 0 Å². The van der Waals surface area contributed by atoms with Crippen molar-refractivity contribution in [1.82, 2.24) is 20.1 Å². The van der Waals surface area contributed by atoms with E-state index in [0.29, 0.717) is 0 Å². The molecule has 4 nitrogen and oxygen atoms in total. The summed E-state index contributed by atoms with van der Waals surface area (Å²) in [5, 5.41) is 8.77. The van der Waals surface area contributed by atoms with Crippen LogP contribution in [0.1, 0.15) is 43.4 Å². The van der Waals surface area contributed by atoms with Crippen LogP contribution in [-0.2, 0) is 6.54 Å². The fourth-order valence-electron chi connectivity index (χ4n) is 2.13.